The lowest BCUT2D eigenvalue weighted by molar-refractivity contribution is -0.112. The Morgan fingerprint density at radius 2 is 2.23 bits per heavy atom. The molecule has 22 heavy (non-hydrogen) atoms. The first kappa shape index (κ1) is 16.7. The van der Waals surface area contributed by atoms with Crippen LogP contribution < -0.4 is 5.73 Å². The third-order valence-corrected chi connectivity index (χ3v) is 4.60. The van der Waals surface area contributed by atoms with Crippen LogP contribution in [0.2, 0.25) is 5.02 Å². The normalized spacial score (nSPS) is 19.2. The molecule has 7 nitrogen and oxygen atoms in total. The SMILES string of the molecule is CS(=O)(=O)c1ccc(/C(=N\OC2CCOC2)C(N)=O)cc1Cl. The monoisotopic (exact) mass is 346 g/mol. The first-order chi connectivity index (χ1) is 10.3. The number of hydrogen-bond acceptors (Lipinski definition) is 6. The van der Waals surface area contributed by atoms with Crippen molar-refractivity contribution in [2.24, 2.45) is 10.9 Å². The summed E-state index contributed by atoms with van der Waals surface area (Å²) < 4.78 is 28.2. The van der Waals surface area contributed by atoms with Gasteiger partial charge in [0.2, 0.25) is 0 Å². The van der Waals surface area contributed by atoms with Crippen molar-refractivity contribution in [2.75, 3.05) is 19.5 Å². The van der Waals surface area contributed by atoms with Crippen molar-refractivity contribution < 1.29 is 22.8 Å². The van der Waals surface area contributed by atoms with Crippen LogP contribution >= 0.6 is 11.6 Å². The predicted molar refractivity (Wildman–Crippen MR) is 80.6 cm³/mol. The van der Waals surface area contributed by atoms with Crippen LogP contribution in [0.25, 0.3) is 0 Å². The van der Waals surface area contributed by atoms with Crippen molar-refractivity contribution in [3.63, 3.8) is 0 Å². The summed E-state index contributed by atoms with van der Waals surface area (Å²) >= 11 is 5.94. The van der Waals surface area contributed by atoms with Crippen LogP contribution in [0.1, 0.15) is 12.0 Å². The van der Waals surface area contributed by atoms with Gasteiger partial charge in [-0.15, -0.1) is 0 Å². The standard InChI is InChI=1S/C13H15ClN2O5S/c1-22(18,19)11-3-2-8(6-10(11)14)12(13(15)17)16-21-9-4-5-20-7-9/h2-3,6,9H,4-5,7H2,1H3,(H2,15,17)/b16-12+. The van der Waals surface area contributed by atoms with Crippen molar-refractivity contribution in [3.8, 4) is 0 Å². The van der Waals surface area contributed by atoms with Crippen LogP contribution in [0.3, 0.4) is 0 Å². The highest BCUT2D eigenvalue weighted by atomic mass is 35.5. The number of rotatable bonds is 5. The molecule has 2 N–H and O–H groups in total. The van der Waals surface area contributed by atoms with Gasteiger partial charge in [0, 0.05) is 18.2 Å². The summed E-state index contributed by atoms with van der Waals surface area (Å²) in [5.74, 6) is -0.804. The van der Waals surface area contributed by atoms with Crippen LogP contribution in [0.5, 0.6) is 0 Å². The molecule has 0 bridgehead atoms. The van der Waals surface area contributed by atoms with Crippen molar-refractivity contribution in [3.05, 3.63) is 28.8 Å². The van der Waals surface area contributed by atoms with E-state index in [-0.39, 0.29) is 27.3 Å². The van der Waals surface area contributed by atoms with Crippen molar-refractivity contribution in [1.29, 1.82) is 0 Å². The third kappa shape index (κ3) is 3.96. The van der Waals surface area contributed by atoms with E-state index in [1.54, 1.807) is 0 Å². The molecule has 0 spiro atoms. The molecule has 1 amide bonds. The topological polar surface area (TPSA) is 108 Å². The number of carbonyl (C=O) groups excluding carboxylic acids is 1. The lowest BCUT2D eigenvalue weighted by Gasteiger charge is -2.09. The fourth-order valence-electron chi connectivity index (χ4n) is 1.91. The fourth-order valence-corrected chi connectivity index (χ4v) is 3.24. The number of primary amides is 1. The quantitative estimate of drug-likeness (QED) is 0.624. The highest BCUT2D eigenvalue weighted by Gasteiger charge is 2.20. The van der Waals surface area contributed by atoms with E-state index in [1.165, 1.54) is 18.2 Å². The van der Waals surface area contributed by atoms with Gasteiger partial charge in [-0.3, -0.25) is 4.79 Å². The van der Waals surface area contributed by atoms with Gasteiger partial charge in [0.25, 0.3) is 5.91 Å². The van der Waals surface area contributed by atoms with Gasteiger partial charge in [0.05, 0.1) is 23.1 Å². The molecule has 1 aromatic rings. The lowest BCUT2D eigenvalue weighted by atomic mass is 10.1. The van der Waals surface area contributed by atoms with E-state index in [9.17, 15) is 13.2 Å². The molecule has 1 unspecified atom stereocenters. The van der Waals surface area contributed by atoms with Gasteiger partial charge in [0.1, 0.15) is 0 Å². The number of amides is 1. The zero-order valence-corrected chi connectivity index (χ0v) is 13.4. The van der Waals surface area contributed by atoms with Gasteiger partial charge in [-0.05, 0) is 12.1 Å². The van der Waals surface area contributed by atoms with Crippen molar-refractivity contribution in [1.82, 2.24) is 0 Å². The van der Waals surface area contributed by atoms with Gasteiger partial charge in [-0.2, -0.15) is 0 Å². The number of halogens is 1. The van der Waals surface area contributed by atoms with Crippen LogP contribution in [0, 0.1) is 0 Å². The predicted octanol–water partition coefficient (Wildman–Crippen LogP) is 0.738. The minimum absolute atomic E-state index is 0.0156. The van der Waals surface area contributed by atoms with Gasteiger partial charge < -0.3 is 15.3 Å². The molecule has 0 aromatic heterocycles. The number of benzene rings is 1. The molecular formula is C13H15ClN2O5S. The van der Waals surface area contributed by atoms with Gasteiger partial charge >= 0.3 is 0 Å². The molecule has 1 aliphatic heterocycles. The number of oxime groups is 1. The molecule has 1 aliphatic rings. The highest BCUT2D eigenvalue weighted by Crippen LogP contribution is 2.23. The number of ether oxygens (including phenoxy) is 1. The first-order valence-corrected chi connectivity index (χ1v) is 8.67. The van der Waals surface area contributed by atoms with Crippen LogP contribution in [0.15, 0.2) is 28.3 Å². The van der Waals surface area contributed by atoms with E-state index < -0.39 is 15.7 Å². The molecule has 120 valence electrons. The van der Waals surface area contributed by atoms with E-state index in [0.29, 0.717) is 19.6 Å². The number of hydrogen-bond donors (Lipinski definition) is 1. The van der Waals surface area contributed by atoms with Crippen molar-refractivity contribution >= 4 is 33.1 Å². The first-order valence-electron chi connectivity index (χ1n) is 6.40. The molecule has 1 fully saturated rings. The molecule has 1 saturated heterocycles. The minimum Gasteiger partial charge on any atom is -0.389 e. The van der Waals surface area contributed by atoms with E-state index in [0.717, 1.165) is 6.26 Å². The minimum atomic E-state index is -3.46. The average Bonchev–Trinajstić information content (AvgIpc) is 2.90. The number of nitrogens with two attached hydrogens (primary N) is 1. The lowest BCUT2D eigenvalue weighted by Crippen LogP contribution is -2.25. The van der Waals surface area contributed by atoms with Crippen molar-refractivity contribution in [2.45, 2.75) is 17.4 Å². The highest BCUT2D eigenvalue weighted by molar-refractivity contribution is 7.90. The Morgan fingerprint density at radius 1 is 1.50 bits per heavy atom. The molecule has 0 radical (unpaired) electrons. The second-order valence-corrected chi connectivity index (χ2v) is 7.20. The van der Waals surface area contributed by atoms with E-state index >= 15 is 0 Å². The summed E-state index contributed by atoms with van der Waals surface area (Å²) in [5, 5.41) is 3.75. The average molecular weight is 347 g/mol. The van der Waals surface area contributed by atoms with Crippen LogP contribution in [-0.4, -0.2) is 45.6 Å². The Morgan fingerprint density at radius 3 is 2.73 bits per heavy atom. The molecule has 0 saturated carbocycles. The Bertz CT molecular complexity index is 711. The summed E-state index contributed by atoms with van der Waals surface area (Å²) in [4.78, 5) is 16.7. The molecule has 1 aromatic carbocycles. The summed E-state index contributed by atoms with van der Waals surface area (Å²) in [7, 11) is -3.46. The third-order valence-electron chi connectivity index (χ3n) is 3.02. The molecule has 2 rings (SSSR count). The molecule has 1 heterocycles. The summed E-state index contributed by atoms with van der Waals surface area (Å²) in [6.45, 7) is 0.963. The smallest absolute Gasteiger partial charge is 0.271 e. The largest absolute Gasteiger partial charge is 0.389 e. The second kappa shape index (κ2) is 6.64. The van der Waals surface area contributed by atoms with E-state index in [2.05, 4.69) is 5.16 Å². The zero-order valence-electron chi connectivity index (χ0n) is 11.8. The Hall–Kier alpha value is -1.64. The summed E-state index contributed by atoms with van der Waals surface area (Å²) in [6.07, 6.45) is 1.48. The van der Waals surface area contributed by atoms with E-state index in [4.69, 9.17) is 26.9 Å². The molecule has 9 heteroatoms. The summed E-state index contributed by atoms with van der Waals surface area (Å²) in [6, 6.07) is 4.01. The fraction of sp³-hybridized carbons (Fsp3) is 0.385. The maximum absolute atomic E-state index is 11.5. The van der Waals surface area contributed by atoms with E-state index in [1.807, 2.05) is 0 Å². The van der Waals surface area contributed by atoms with Gasteiger partial charge in [0.15, 0.2) is 21.7 Å². The second-order valence-electron chi connectivity index (χ2n) is 4.81. The molecular weight excluding hydrogens is 332 g/mol. The number of nitrogens with zero attached hydrogens (tertiary/aromatic N) is 1. The maximum atomic E-state index is 11.5. The van der Waals surface area contributed by atoms with Gasteiger partial charge in [-0.25, -0.2) is 8.42 Å². The zero-order chi connectivity index (χ0) is 16.3. The van der Waals surface area contributed by atoms with Crippen LogP contribution in [0.4, 0.5) is 0 Å². The Kier molecular flexibility index (Phi) is 5.05. The summed E-state index contributed by atoms with van der Waals surface area (Å²) in [5.41, 5.74) is 5.44. The van der Waals surface area contributed by atoms with Gasteiger partial charge in [-0.1, -0.05) is 22.8 Å². The maximum Gasteiger partial charge on any atom is 0.271 e. The van der Waals surface area contributed by atoms with Crippen LogP contribution in [-0.2, 0) is 24.2 Å². The number of sulfone groups is 1. The Labute approximate surface area is 132 Å². The molecule has 1 atom stereocenters. The Balaban J connectivity index is 2.31. The number of carbonyl (C=O) groups is 1. The molecule has 0 aliphatic carbocycles.